The van der Waals surface area contributed by atoms with Gasteiger partial charge in [0.2, 0.25) is 5.91 Å². The van der Waals surface area contributed by atoms with Gasteiger partial charge in [-0.1, -0.05) is 12.2 Å². The fraction of sp³-hybridized carbons (Fsp3) is 0.579. The van der Waals surface area contributed by atoms with E-state index in [1.54, 1.807) is 6.33 Å². The van der Waals surface area contributed by atoms with E-state index in [1.807, 2.05) is 10.9 Å². The van der Waals surface area contributed by atoms with Crippen molar-refractivity contribution < 1.29 is 4.79 Å². The SMILES string of the molecule is CCn1cnc2c(N3CC4CN(C(=O)C5CC=CC5)CC4C3)ncnc21. The molecule has 4 heterocycles. The van der Waals surface area contributed by atoms with E-state index in [2.05, 4.69) is 43.8 Å². The molecule has 2 fully saturated rings. The lowest BCUT2D eigenvalue weighted by Gasteiger charge is -2.24. The molecular weight excluding hydrogens is 328 g/mol. The van der Waals surface area contributed by atoms with Crippen LogP contribution in [0.3, 0.4) is 0 Å². The molecule has 3 aliphatic rings. The van der Waals surface area contributed by atoms with E-state index in [4.69, 9.17) is 0 Å². The van der Waals surface area contributed by atoms with Crippen molar-refractivity contribution in [1.82, 2.24) is 24.4 Å². The molecule has 7 heteroatoms. The van der Waals surface area contributed by atoms with Crippen LogP contribution in [0.4, 0.5) is 5.82 Å². The Morgan fingerprint density at radius 3 is 2.50 bits per heavy atom. The highest BCUT2D eigenvalue weighted by atomic mass is 16.2. The number of aryl methyl sites for hydroxylation is 1. The highest BCUT2D eigenvalue weighted by molar-refractivity contribution is 5.83. The molecule has 136 valence electrons. The number of imidazole rings is 1. The first kappa shape index (κ1) is 15.8. The van der Waals surface area contributed by atoms with Crippen molar-refractivity contribution in [1.29, 1.82) is 0 Å². The first-order valence-electron chi connectivity index (χ1n) is 9.59. The third kappa shape index (κ3) is 2.40. The molecule has 0 N–H and O–H groups in total. The predicted octanol–water partition coefficient (Wildman–Crippen LogP) is 1.71. The fourth-order valence-corrected chi connectivity index (χ4v) is 4.75. The molecule has 26 heavy (non-hydrogen) atoms. The molecule has 1 amide bonds. The quantitative estimate of drug-likeness (QED) is 0.787. The summed E-state index contributed by atoms with van der Waals surface area (Å²) in [6.45, 7) is 6.60. The Kier molecular flexibility index (Phi) is 3.69. The number of anilines is 1. The van der Waals surface area contributed by atoms with Gasteiger partial charge in [0, 0.05) is 50.5 Å². The predicted molar refractivity (Wildman–Crippen MR) is 98.6 cm³/mol. The van der Waals surface area contributed by atoms with Crippen molar-refractivity contribution >= 4 is 22.9 Å². The molecule has 2 aromatic rings. The molecule has 2 unspecified atom stereocenters. The zero-order chi connectivity index (χ0) is 17.7. The van der Waals surface area contributed by atoms with Gasteiger partial charge in [0.25, 0.3) is 0 Å². The highest BCUT2D eigenvalue weighted by Gasteiger charge is 2.43. The molecule has 0 aromatic carbocycles. The number of likely N-dealkylation sites (tertiary alicyclic amines) is 1. The van der Waals surface area contributed by atoms with Gasteiger partial charge in [0.05, 0.1) is 6.33 Å². The molecule has 1 aliphatic carbocycles. The summed E-state index contributed by atoms with van der Waals surface area (Å²) < 4.78 is 2.05. The molecule has 5 rings (SSSR count). The van der Waals surface area contributed by atoms with Crippen molar-refractivity contribution in [2.45, 2.75) is 26.3 Å². The van der Waals surface area contributed by atoms with Crippen LogP contribution in [0.5, 0.6) is 0 Å². The number of hydrogen-bond acceptors (Lipinski definition) is 5. The second kappa shape index (κ2) is 6.07. The third-order valence-corrected chi connectivity index (χ3v) is 6.18. The van der Waals surface area contributed by atoms with Gasteiger partial charge in [-0.2, -0.15) is 0 Å². The number of fused-ring (bicyclic) bond motifs is 2. The van der Waals surface area contributed by atoms with Gasteiger partial charge in [0.1, 0.15) is 6.33 Å². The molecule has 0 radical (unpaired) electrons. The van der Waals surface area contributed by atoms with Gasteiger partial charge in [0.15, 0.2) is 17.0 Å². The fourth-order valence-electron chi connectivity index (χ4n) is 4.75. The van der Waals surface area contributed by atoms with E-state index >= 15 is 0 Å². The summed E-state index contributed by atoms with van der Waals surface area (Å²) in [5.41, 5.74) is 1.79. The van der Waals surface area contributed by atoms with Gasteiger partial charge in [-0.15, -0.1) is 0 Å². The van der Waals surface area contributed by atoms with Crippen LogP contribution in [0, 0.1) is 17.8 Å². The van der Waals surface area contributed by atoms with Crippen LogP contribution in [0.2, 0.25) is 0 Å². The summed E-state index contributed by atoms with van der Waals surface area (Å²) in [5, 5.41) is 0. The second-order valence-electron chi connectivity index (χ2n) is 7.71. The van der Waals surface area contributed by atoms with Crippen LogP contribution in [0.15, 0.2) is 24.8 Å². The van der Waals surface area contributed by atoms with Gasteiger partial charge in [-0.25, -0.2) is 15.0 Å². The number of hydrogen-bond donors (Lipinski definition) is 0. The normalized spacial score (nSPS) is 25.6. The van der Waals surface area contributed by atoms with Crippen LogP contribution >= 0.6 is 0 Å². The second-order valence-corrected chi connectivity index (χ2v) is 7.71. The number of aromatic nitrogens is 4. The van der Waals surface area contributed by atoms with Crippen LogP contribution in [0.1, 0.15) is 19.8 Å². The zero-order valence-corrected chi connectivity index (χ0v) is 15.1. The first-order valence-corrected chi connectivity index (χ1v) is 9.59. The summed E-state index contributed by atoms with van der Waals surface area (Å²) in [5.74, 6) is 2.54. The van der Waals surface area contributed by atoms with E-state index in [0.29, 0.717) is 17.7 Å². The molecule has 0 bridgehead atoms. The van der Waals surface area contributed by atoms with Gasteiger partial charge in [-0.3, -0.25) is 4.79 Å². The molecule has 0 saturated carbocycles. The Hall–Kier alpha value is -2.44. The average molecular weight is 352 g/mol. The maximum absolute atomic E-state index is 12.7. The zero-order valence-electron chi connectivity index (χ0n) is 15.1. The summed E-state index contributed by atoms with van der Waals surface area (Å²) in [6, 6.07) is 0. The lowest BCUT2D eigenvalue weighted by molar-refractivity contribution is -0.134. The van der Waals surface area contributed by atoms with Crippen LogP contribution in [-0.4, -0.2) is 56.5 Å². The topological polar surface area (TPSA) is 67.2 Å². The van der Waals surface area contributed by atoms with E-state index in [9.17, 15) is 4.79 Å². The maximum atomic E-state index is 12.7. The number of carbonyl (C=O) groups excluding carboxylic acids is 1. The molecule has 2 aliphatic heterocycles. The Morgan fingerprint density at radius 1 is 1.08 bits per heavy atom. The largest absolute Gasteiger partial charge is 0.354 e. The van der Waals surface area contributed by atoms with E-state index in [1.165, 1.54) is 0 Å². The van der Waals surface area contributed by atoms with Crippen molar-refractivity contribution in [2.75, 3.05) is 31.1 Å². The Bertz CT molecular complexity index is 852. The van der Waals surface area contributed by atoms with E-state index < -0.39 is 0 Å². The Labute approximate surface area is 152 Å². The summed E-state index contributed by atoms with van der Waals surface area (Å²) in [4.78, 5) is 30.6. The number of amides is 1. The molecule has 2 aromatic heterocycles. The minimum absolute atomic E-state index is 0.185. The van der Waals surface area contributed by atoms with E-state index in [-0.39, 0.29) is 5.92 Å². The number of rotatable bonds is 3. The third-order valence-electron chi connectivity index (χ3n) is 6.18. The summed E-state index contributed by atoms with van der Waals surface area (Å²) >= 11 is 0. The maximum Gasteiger partial charge on any atom is 0.226 e. The minimum atomic E-state index is 0.185. The average Bonchev–Trinajstić information content (AvgIpc) is 3.42. The lowest BCUT2D eigenvalue weighted by atomic mass is 10.0. The first-order chi connectivity index (χ1) is 12.7. The monoisotopic (exact) mass is 352 g/mol. The molecule has 2 saturated heterocycles. The van der Waals surface area contributed by atoms with Crippen molar-refractivity contribution in [3.63, 3.8) is 0 Å². The van der Waals surface area contributed by atoms with Crippen molar-refractivity contribution in [3.05, 3.63) is 24.8 Å². The highest BCUT2D eigenvalue weighted by Crippen LogP contribution is 2.36. The van der Waals surface area contributed by atoms with Gasteiger partial charge >= 0.3 is 0 Å². The number of allylic oxidation sites excluding steroid dienone is 2. The molecule has 7 nitrogen and oxygen atoms in total. The van der Waals surface area contributed by atoms with Crippen LogP contribution < -0.4 is 4.90 Å². The molecule has 0 spiro atoms. The molecule has 2 atom stereocenters. The molecular formula is C19H24N6O. The summed E-state index contributed by atoms with van der Waals surface area (Å²) in [7, 11) is 0. The van der Waals surface area contributed by atoms with E-state index in [0.717, 1.165) is 62.5 Å². The number of nitrogens with zero attached hydrogens (tertiary/aromatic N) is 6. The lowest BCUT2D eigenvalue weighted by Crippen LogP contribution is -2.36. The van der Waals surface area contributed by atoms with Crippen LogP contribution in [-0.2, 0) is 11.3 Å². The van der Waals surface area contributed by atoms with Gasteiger partial charge < -0.3 is 14.4 Å². The smallest absolute Gasteiger partial charge is 0.226 e. The number of carbonyl (C=O) groups is 1. The standard InChI is InChI=1S/C19H24N6O/c1-2-23-12-22-16-17(23)20-11-21-18(16)24-7-14-9-25(10-15(14)8-24)19(26)13-5-3-4-6-13/h3-4,11-15H,2,5-10H2,1H3. The van der Waals surface area contributed by atoms with Crippen molar-refractivity contribution in [2.24, 2.45) is 17.8 Å². The van der Waals surface area contributed by atoms with Crippen LogP contribution in [0.25, 0.3) is 11.2 Å². The Balaban J connectivity index is 1.31. The minimum Gasteiger partial charge on any atom is -0.354 e. The van der Waals surface area contributed by atoms with Gasteiger partial charge in [-0.05, 0) is 19.8 Å². The van der Waals surface area contributed by atoms with Crippen molar-refractivity contribution in [3.8, 4) is 0 Å². The summed E-state index contributed by atoms with van der Waals surface area (Å²) in [6.07, 6.45) is 9.58. The Morgan fingerprint density at radius 2 is 1.81 bits per heavy atom.